The van der Waals surface area contributed by atoms with Gasteiger partial charge in [-0.1, -0.05) is 42.5 Å². The molecule has 0 aliphatic rings. The highest BCUT2D eigenvalue weighted by atomic mass is 16.5. The van der Waals surface area contributed by atoms with E-state index in [1.807, 2.05) is 30.3 Å². The standard InChI is InChI=1S/C26H26N4O5/c27-26(28)30-21-11-9-20(10-12-21)25(33)35-22-13-6-18(7-14-22)8-15-24(32)34-17-23(31)29-16-19-4-2-1-3-5-19/h1-7,9-14H,8,15-17H2,(H,29,31)(H4,27,28,30). The van der Waals surface area contributed by atoms with Gasteiger partial charge in [0.15, 0.2) is 12.6 Å². The molecule has 0 spiro atoms. The molecule has 3 aromatic rings. The number of aryl methyl sites for hydroxylation is 1. The van der Waals surface area contributed by atoms with Gasteiger partial charge in [0.25, 0.3) is 5.91 Å². The van der Waals surface area contributed by atoms with Gasteiger partial charge in [-0.05, 0) is 53.9 Å². The van der Waals surface area contributed by atoms with Gasteiger partial charge < -0.3 is 26.3 Å². The number of guanidine groups is 1. The number of ether oxygens (including phenoxy) is 2. The number of hydrogen-bond donors (Lipinski definition) is 3. The van der Waals surface area contributed by atoms with Crippen LogP contribution in [-0.4, -0.2) is 30.4 Å². The SMILES string of the molecule is NC(N)=Nc1ccc(C(=O)Oc2ccc(CCC(=O)OCC(=O)NCc3ccccc3)cc2)cc1. The first-order valence-corrected chi connectivity index (χ1v) is 10.9. The molecule has 9 nitrogen and oxygen atoms in total. The van der Waals surface area contributed by atoms with Crippen molar-refractivity contribution in [1.29, 1.82) is 0 Å². The van der Waals surface area contributed by atoms with Crippen LogP contribution in [0, 0.1) is 0 Å². The number of carbonyl (C=O) groups is 3. The smallest absolute Gasteiger partial charge is 0.343 e. The van der Waals surface area contributed by atoms with Gasteiger partial charge in [0.1, 0.15) is 5.75 Å². The van der Waals surface area contributed by atoms with Crippen molar-refractivity contribution in [3.8, 4) is 5.75 Å². The molecule has 3 aromatic carbocycles. The molecule has 3 rings (SSSR count). The van der Waals surface area contributed by atoms with Crippen molar-refractivity contribution in [3.63, 3.8) is 0 Å². The highest BCUT2D eigenvalue weighted by Gasteiger charge is 2.10. The Morgan fingerprint density at radius 2 is 1.51 bits per heavy atom. The lowest BCUT2D eigenvalue weighted by Gasteiger charge is -2.08. The third-order valence-electron chi connectivity index (χ3n) is 4.81. The molecule has 9 heteroatoms. The van der Waals surface area contributed by atoms with E-state index in [0.29, 0.717) is 30.0 Å². The van der Waals surface area contributed by atoms with Gasteiger partial charge in [0.2, 0.25) is 0 Å². The third-order valence-corrected chi connectivity index (χ3v) is 4.81. The average molecular weight is 475 g/mol. The molecule has 0 fully saturated rings. The Balaban J connectivity index is 1.38. The average Bonchev–Trinajstić information content (AvgIpc) is 2.86. The molecule has 0 radical (unpaired) electrons. The van der Waals surface area contributed by atoms with Crippen molar-refractivity contribution >= 4 is 29.5 Å². The molecule has 0 aliphatic heterocycles. The number of nitrogens with two attached hydrogens (primary N) is 2. The zero-order valence-electron chi connectivity index (χ0n) is 19.0. The fourth-order valence-corrected chi connectivity index (χ4v) is 3.02. The van der Waals surface area contributed by atoms with Gasteiger partial charge in [-0.3, -0.25) is 9.59 Å². The summed E-state index contributed by atoms with van der Waals surface area (Å²) in [6, 6.07) is 22.6. The number of amides is 1. The van der Waals surface area contributed by atoms with Crippen molar-refractivity contribution in [2.45, 2.75) is 19.4 Å². The Hall–Kier alpha value is -4.66. The zero-order chi connectivity index (χ0) is 25.0. The van der Waals surface area contributed by atoms with E-state index in [2.05, 4.69) is 10.3 Å². The number of aliphatic imine (C=N–C) groups is 1. The van der Waals surface area contributed by atoms with Gasteiger partial charge >= 0.3 is 11.9 Å². The fourth-order valence-electron chi connectivity index (χ4n) is 3.02. The number of nitrogens with one attached hydrogen (secondary N) is 1. The molecular weight excluding hydrogens is 448 g/mol. The van der Waals surface area contributed by atoms with Crippen LogP contribution in [0.3, 0.4) is 0 Å². The van der Waals surface area contributed by atoms with Gasteiger partial charge in [-0.15, -0.1) is 0 Å². The van der Waals surface area contributed by atoms with E-state index >= 15 is 0 Å². The molecule has 0 bridgehead atoms. The largest absolute Gasteiger partial charge is 0.456 e. The molecule has 1 amide bonds. The van der Waals surface area contributed by atoms with E-state index in [-0.39, 0.29) is 24.9 Å². The molecule has 180 valence electrons. The summed E-state index contributed by atoms with van der Waals surface area (Å²) in [5.74, 6) is -1.07. The Morgan fingerprint density at radius 3 is 2.17 bits per heavy atom. The van der Waals surface area contributed by atoms with Gasteiger partial charge in [0.05, 0.1) is 11.3 Å². The topological polar surface area (TPSA) is 146 Å². The highest BCUT2D eigenvalue weighted by molar-refractivity contribution is 5.91. The van der Waals surface area contributed by atoms with Gasteiger partial charge in [-0.25, -0.2) is 9.79 Å². The first-order valence-electron chi connectivity index (χ1n) is 10.9. The predicted octanol–water partition coefficient (Wildman–Crippen LogP) is 2.60. The first-order chi connectivity index (χ1) is 16.9. The van der Waals surface area contributed by atoms with Crippen LogP contribution >= 0.6 is 0 Å². The van der Waals surface area contributed by atoms with Gasteiger partial charge in [-0.2, -0.15) is 0 Å². The minimum atomic E-state index is -0.525. The van der Waals surface area contributed by atoms with Crippen molar-refractivity contribution in [1.82, 2.24) is 5.32 Å². The molecule has 0 atom stereocenters. The fraction of sp³-hybridized carbons (Fsp3) is 0.154. The van der Waals surface area contributed by atoms with E-state index in [0.717, 1.165) is 11.1 Å². The number of benzene rings is 3. The van der Waals surface area contributed by atoms with E-state index in [1.165, 1.54) is 0 Å². The summed E-state index contributed by atoms with van der Waals surface area (Å²) in [5, 5.41) is 2.70. The lowest BCUT2D eigenvalue weighted by molar-refractivity contribution is -0.148. The lowest BCUT2D eigenvalue weighted by atomic mass is 10.1. The van der Waals surface area contributed by atoms with Crippen molar-refractivity contribution < 1.29 is 23.9 Å². The Labute approximate surface area is 202 Å². The van der Waals surface area contributed by atoms with E-state index in [1.54, 1.807) is 48.5 Å². The Morgan fingerprint density at radius 1 is 0.829 bits per heavy atom. The molecule has 0 aromatic heterocycles. The van der Waals surface area contributed by atoms with Crippen LogP contribution in [0.15, 0.2) is 83.9 Å². The van der Waals surface area contributed by atoms with Crippen molar-refractivity contribution in [3.05, 3.63) is 95.6 Å². The normalized spacial score (nSPS) is 10.2. The second-order valence-corrected chi connectivity index (χ2v) is 7.54. The zero-order valence-corrected chi connectivity index (χ0v) is 19.0. The summed E-state index contributed by atoms with van der Waals surface area (Å²) in [7, 11) is 0. The number of esters is 2. The summed E-state index contributed by atoms with van der Waals surface area (Å²) >= 11 is 0. The first kappa shape index (κ1) is 25.0. The van der Waals surface area contributed by atoms with Crippen molar-refractivity contribution in [2.75, 3.05) is 6.61 Å². The molecule has 0 heterocycles. The second-order valence-electron chi connectivity index (χ2n) is 7.54. The predicted molar refractivity (Wildman–Crippen MR) is 131 cm³/mol. The molecule has 0 unspecified atom stereocenters. The number of rotatable bonds is 10. The molecular formula is C26H26N4O5. The molecule has 0 aliphatic carbocycles. The van der Waals surface area contributed by atoms with Crippen LogP contribution in [0.25, 0.3) is 0 Å². The maximum absolute atomic E-state index is 12.3. The van der Waals surface area contributed by atoms with Crippen LogP contribution in [0.5, 0.6) is 5.75 Å². The van der Waals surface area contributed by atoms with Crippen LogP contribution in [-0.2, 0) is 27.3 Å². The van der Waals surface area contributed by atoms with Gasteiger partial charge in [0, 0.05) is 13.0 Å². The van der Waals surface area contributed by atoms with Crippen LogP contribution < -0.4 is 21.5 Å². The summed E-state index contributed by atoms with van der Waals surface area (Å²) in [6.07, 6.45) is 0.540. The second kappa shape index (κ2) is 12.5. The minimum Gasteiger partial charge on any atom is -0.456 e. The van der Waals surface area contributed by atoms with Crippen LogP contribution in [0.2, 0.25) is 0 Å². The highest BCUT2D eigenvalue weighted by Crippen LogP contribution is 2.17. The number of hydrogen-bond acceptors (Lipinski definition) is 6. The minimum absolute atomic E-state index is 0.0713. The Bertz CT molecular complexity index is 1170. The molecule has 5 N–H and O–H groups in total. The lowest BCUT2D eigenvalue weighted by Crippen LogP contribution is -2.28. The maximum atomic E-state index is 12.3. The van der Waals surface area contributed by atoms with E-state index in [4.69, 9.17) is 20.9 Å². The number of nitrogens with zero attached hydrogens (tertiary/aromatic N) is 1. The number of carbonyl (C=O) groups excluding carboxylic acids is 3. The monoisotopic (exact) mass is 474 g/mol. The Kier molecular flexibility index (Phi) is 8.95. The summed E-state index contributed by atoms with van der Waals surface area (Å²) in [5.41, 5.74) is 13.3. The van der Waals surface area contributed by atoms with Crippen LogP contribution in [0.4, 0.5) is 5.69 Å². The summed E-state index contributed by atoms with van der Waals surface area (Å²) < 4.78 is 10.4. The van der Waals surface area contributed by atoms with E-state index in [9.17, 15) is 14.4 Å². The summed E-state index contributed by atoms with van der Waals surface area (Å²) in [6.45, 7) is 0.0465. The van der Waals surface area contributed by atoms with E-state index < -0.39 is 11.9 Å². The summed E-state index contributed by atoms with van der Waals surface area (Å²) in [4.78, 5) is 40.0. The third kappa shape index (κ3) is 8.65. The molecule has 0 saturated carbocycles. The molecule has 35 heavy (non-hydrogen) atoms. The maximum Gasteiger partial charge on any atom is 0.343 e. The quantitative estimate of drug-likeness (QED) is 0.177. The van der Waals surface area contributed by atoms with Crippen LogP contribution in [0.1, 0.15) is 27.9 Å². The molecule has 0 saturated heterocycles. The van der Waals surface area contributed by atoms with Crippen molar-refractivity contribution in [2.24, 2.45) is 16.5 Å².